The monoisotopic (exact) mass is 264 g/mol. The van der Waals surface area contributed by atoms with Crippen molar-refractivity contribution in [2.45, 2.75) is 70.4 Å². The minimum absolute atomic E-state index is 0.354. The summed E-state index contributed by atoms with van der Waals surface area (Å²) in [6.45, 7) is 3.07. The molecule has 108 valence electrons. The number of rotatable bonds is 5. The number of nitrogens with two attached hydrogens (primary N) is 1. The van der Waals surface area contributed by atoms with Gasteiger partial charge in [-0.25, -0.2) is 0 Å². The van der Waals surface area contributed by atoms with Crippen LogP contribution in [0.5, 0.6) is 0 Å². The van der Waals surface area contributed by atoms with Gasteiger partial charge in [0.05, 0.1) is 0 Å². The Kier molecular flexibility index (Phi) is 5.44. The summed E-state index contributed by atoms with van der Waals surface area (Å²) in [6, 6.07) is 0.797. The number of amides is 1. The Bertz CT molecular complexity index is 319. The van der Waals surface area contributed by atoms with Crippen molar-refractivity contribution in [1.82, 2.24) is 4.90 Å². The molecule has 1 saturated carbocycles. The Hall–Kier alpha value is -0.830. The lowest BCUT2D eigenvalue weighted by molar-refractivity contribution is -0.135. The third-order valence-electron chi connectivity index (χ3n) is 4.52. The van der Waals surface area contributed by atoms with Crippen LogP contribution in [-0.2, 0) is 4.79 Å². The molecule has 1 amide bonds. The third kappa shape index (κ3) is 4.07. The van der Waals surface area contributed by atoms with Crippen LogP contribution < -0.4 is 5.73 Å². The summed E-state index contributed by atoms with van der Waals surface area (Å²) < 4.78 is 0. The minimum atomic E-state index is 0.354. The van der Waals surface area contributed by atoms with Crippen molar-refractivity contribution < 1.29 is 4.79 Å². The Morgan fingerprint density at radius 3 is 2.58 bits per heavy atom. The number of nitrogens with zero attached hydrogens (tertiary/aromatic N) is 1. The normalized spacial score (nSPS) is 30.5. The molecule has 0 saturated heterocycles. The standard InChI is InChI=1S/C16H28N2O/c1-2-11-18(15-9-7-14(17)8-10-15)16(19)12-13-5-3-4-6-13/h3,5,13-15H,2,4,6-12,17H2,1H3. The van der Waals surface area contributed by atoms with Crippen LogP contribution in [0, 0.1) is 5.92 Å². The van der Waals surface area contributed by atoms with Crippen LogP contribution in [0.4, 0.5) is 0 Å². The maximum atomic E-state index is 12.5. The van der Waals surface area contributed by atoms with E-state index in [0.29, 0.717) is 30.3 Å². The molecule has 3 nitrogen and oxygen atoms in total. The number of carbonyl (C=O) groups excluding carboxylic acids is 1. The minimum Gasteiger partial charge on any atom is -0.340 e. The topological polar surface area (TPSA) is 46.3 Å². The third-order valence-corrected chi connectivity index (χ3v) is 4.52. The lowest BCUT2D eigenvalue weighted by Gasteiger charge is -2.36. The highest BCUT2D eigenvalue weighted by molar-refractivity contribution is 5.77. The molecular formula is C16H28N2O. The molecule has 2 N–H and O–H groups in total. The van der Waals surface area contributed by atoms with Crippen molar-refractivity contribution in [3.05, 3.63) is 12.2 Å². The molecule has 0 aromatic heterocycles. The summed E-state index contributed by atoms with van der Waals surface area (Å²) in [7, 11) is 0. The van der Waals surface area contributed by atoms with Gasteiger partial charge in [-0.15, -0.1) is 0 Å². The molecule has 1 unspecified atom stereocenters. The van der Waals surface area contributed by atoms with Crippen LogP contribution in [0.3, 0.4) is 0 Å². The van der Waals surface area contributed by atoms with E-state index in [4.69, 9.17) is 5.73 Å². The van der Waals surface area contributed by atoms with Gasteiger partial charge >= 0.3 is 0 Å². The highest BCUT2D eigenvalue weighted by atomic mass is 16.2. The SMILES string of the molecule is CCCN(C(=O)CC1C=CCC1)C1CCC(N)CC1. The predicted octanol–water partition coefficient (Wildman–Crippen LogP) is 2.85. The highest BCUT2D eigenvalue weighted by Crippen LogP contribution is 2.26. The van der Waals surface area contributed by atoms with E-state index < -0.39 is 0 Å². The fourth-order valence-electron chi connectivity index (χ4n) is 3.37. The van der Waals surface area contributed by atoms with Crippen molar-refractivity contribution in [3.8, 4) is 0 Å². The molecule has 1 fully saturated rings. The van der Waals surface area contributed by atoms with Crippen LogP contribution in [0.15, 0.2) is 12.2 Å². The summed E-state index contributed by atoms with van der Waals surface area (Å²) in [4.78, 5) is 14.7. The van der Waals surface area contributed by atoms with E-state index in [1.54, 1.807) is 0 Å². The van der Waals surface area contributed by atoms with Crippen LogP contribution in [0.25, 0.3) is 0 Å². The number of hydrogen-bond donors (Lipinski definition) is 1. The molecular weight excluding hydrogens is 236 g/mol. The maximum Gasteiger partial charge on any atom is 0.223 e. The average molecular weight is 264 g/mol. The zero-order valence-electron chi connectivity index (χ0n) is 12.2. The lowest BCUT2D eigenvalue weighted by Crippen LogP contribution is -2.45. The fourth-order valence-corrected chi connectivity index (χ4v) is 3.37. The molecule has 0 bridgehead atoms. The maximum absolute atomic E-state index is 12.5. The van der Waals surface area contributed by atoms with E-state index in [0.717, 1.165) is 51.5 Å². The quantitative estimate of drug-likeness (QED) is 0.776. The van der Waals surface area contributed by atoms with Gasteiger partial charge in [-0.1, -0.05) is 19.1 Å². The molecule has 19 heavy (non-hydrogen) atoms. The Morgan fingerprint density at radius 2 is 2.00 bits per heavy atom. The second-order valence-corrected chi connectivity index (χ2v) is 6.13. The van der Waals surface area contributed by atoms with Crippen molar-refractivity contribution in [2.24, 2.45) is 11.7 Å². The molecule has 0 spiro atoms. The molecule has 0 aromatic carbocycles. The molecule has 2 aliphatic carbocycles. The summed E-state index contributed by atoms with van der Waals surface area (Å²) >= 11 is 0. The van der Waals surface area contributed by atoms with Gasteiger partial charge in [-0.3, -0.25) is 4.79 Å². The van der Waals surface area contributed by atoms with E-state index >= 15 is 0 Å². The molecule has 1 atom stereocenters. The first-order valence-electron chi connectivity index (χ1n) is 7.92. The molecule has 3 heteroatoms. The first kappa shape index (κ1) is 14.6. The average Bonchev–Trinajstić information content (AvgIpc) is 2.90. The van der Waals surface area contributed by atoms with Crippen LogP contribution in [0.1, 0.15) is 58.3 Å². The number of hydrogen-bond acceptors (Lipinski definition) is 2. The van der Waals surface area contributed by atoms with Crippen LogP contribution in [0.2, 0.25) is 0 Å². The summed E-state index contributed by atoms with van der Waals surface area (Å²) in [5, 5.41) is 0. The second kappa shape index (κ2) is 7.09. The van der Waals surface area contributed by atoms with Crippen LogP contribution in [-0.4, -0.2) is 29.4 Å². The number of allylic oxidation sites excluding steroid dienone is 2. The molecule has 0 heterocycles. The van der Waals surface area contributed by atoms with Gasteiger partial charge in [0.1, 0.15) is 0 Å². The van der Waals surface area contributed by atoms with E-state index in [2.05, 4.69) is 24.0 Å². The smallest absolute Gasteiger partial charge is 0.223 e. The first-order valence-corrected chi connectivity index (χ1v) is 7.92. The predicted molar refractivity (Wildman–Crippen MR) is 78.7 cm³/mol. The van der Waals surface area contributed by atoms with Gasteiger partial charge in [0, 0.05) is 25.0 Å². The summed E-state index contributed by atoms with van der Waals surface area (Å²) in [6.07, 6.45) is 12.8. The first-order chi connectivity index (χ1) is 9.20. The molecule has 0 radical (unpaired) electrons. The zero-order valence-corrected chi connectivity index (χ0v) is 12.2. The van der Waals surface area contributed by atoms with E-state index in [-0.39, 0.29) is 0 Å². The van der Waals surface area contributed by atoms with Crippen molar-refractivity contribution in [3.63, 3.8) is 0 Å². The fraction of sp³-hybridized carbons (Fsp3) is 0.812. The summed E-state index contributed by atoms with van der Waals surface area (Å²) in [5.74, 6) is 0.844. The van der Waals surface area contributed by atoms with Gasteiger partial charge in [0.15, 0.2) is 0 Å². The van der Waals surface area contributed by atoms with Crippen molar-refractivity contribution >= 4 is 5.91 Å². The molecule has 2 rings (SSSR count). The van der Waals surface area contributed by atoms with Gasteiger partial charge in [-0.2, -0.15) is 0 Å². The van der Waals surface area contributed by atoms with Gasteiger partial charge in [0.2, 0.25) is 5.91 Å². The Morgan fingerprint density at radius 1 is 1.26 bits per heavy atom. The van der Waals surface area contributed by atoms with Crippen molar-refractivity contribution in [1.29, 1.82) is 0 Å². The van der Waals surface area contributed by atoms with Gasteiger partial charge in [-0.05, 0) is 50.9 Å². The molecule has 0 aliphatic heterocycles. The molecule has 0 aromatic rings. The van der Waals surface area contributed by atoms with E-state index in [9.17, 15) is 4.79 Å². The second-order valence-electron chi connectivity index (χ2n) is 6.13. The Balaban J connectivity index is 1.90. The van der Waals surface area contributed by atoms with Gasteiger partial charge in [0.25, 0.3) is 0 Å². The van der Waals surface area contributed by atoms with Gasteiger partial charge < -0.3 is 10.6 Å². The van der Waals surface area contributed by atoms with Crippen molar-refractivity contribution in [2.75, 3.05) is 6.54 Å². The lowest BCUT2D eigenvalue weighted by atomic mass is 9.90. The Labute approximate surface area is 117 Å². The van der Waals surface area contributed by atoms with Crippen LogP contribution >= 0.6 is 0 Å². The van der Waals surface area contributed by atoms with E-state index in [1.807, 2.05) is 0 Å². The number of carbonyl (C=O) groups is 1. The van der Waals surface area contributed by atoms with E-state index in [1.165, 1.54) is 0 Å². The summed E-state index contributed by atoms with van der Waals surface area (Å²) in [5.41, 5.74) is 5.97. The largest absolute Gasteiger partial charge is 0.340 e. The highest BCUT2D eigenvalue weighted by Gasteiger charge is 2.28. The zero-order chi connectivity index (χ0) is 13.7. The molecule has 2 aliphatic rings.